The number of ether oxygens (including phenoxy) is 2. The molecule has 2 saturated carbocycles. The van der Waals surface area contributed by atoms with Gasteiger partial charge in [0.1, 0.15) is 33.6 Å². The van der Waals surface area contributed by atoms with Crippen LogP contribution in [-0.4, -0.2) is 43.6 Å². The molecule has 0 spiro atoms. The molecule has 14 heteroatoms. The number of halogens is 2. The van der Waals surface area contributed by atoms with Crippen molar-refractivity contribution in [1.29, 1.82) is 0 Å². The third-order valence-electron chi connectivity index (χ3n) is 14.6. The fourth-order valence-electron chi connectivity index (χ4n) is 9.87. The lowest BCUT2D eigenvalue weighted by atomic mass is 9.72. The molecule has 6 aromatic carbocycles. The van der Waals surface area contributed by atoms with Crippen molar-refractivity contribution in [3.8, 4) is 56.5 Å². The lowest BCUT2D eigenvalue weighted by molar-refractivity contribution is -0.904. The number of fused-ring (bicyclic) bond motifs is 2. The highest BCUT2D eigenvalue weighted by Crippen LogP contribution is 2.41. The van der Waals surface area contributed by atoms with Crippen LogP contribution in [0.3, 0.4) is 0 Å². The van der Waals surface area contributed by atoms with Gasteiger partial charge in [-0.1, -0.05) is 121 Å². The van der Waals surface area contributed by atoms with Gasteiger partial charge in [0.2, 0.25) is 24.8 Å². The van der Waals surface area contributed by atoms with E-state index in [9.17, 15) is 10.4 Å². The molecule has 0 amide bonds. The van der Waals surface area contributed by atoms with Gasteiger partial charge >= 0.3 is 0 Å². The minimum absolute atomic E-state index is 0. The zero-order valence-corrected chi connectivity index (χ0v) is 43.6. The molecule has 12 nitrogen and oxygen atoms in total. The summed E-state index contributed by atoms with van der Waals surface area (Å²) in [6.07, 6.45) is 14.9. The highest BCUT2D eigenvalue weighted by atomic mass is 35.5. The van der Waals surface area contributed by atoms with Gasteiger partial charge in [0, 0.05) is 106 Å². The van der Waals surface area contributed by atoms with Crippen LogP contribution in [0.5, 0.6) is 11.5 Å². The largest absolute Gasteiger partial charge is 1.00 e. The van der Waals surface area contributed by atoms with Crippen molar-refractivity contribution < 1.29 is 65.6 Å². The second kappa shape index (κ2) is 23.3. The lowest BCUT2D eigenvalue weighted by Crippen LogP contribution is -3.00. The fourth-order valence-corrected chi connectivity index (χ4v) is 9.87. The Morgan fingerprint density at radius 1 is 0.408 bits per heavy atom. The quantitative estimate of drug-likeness (QED) is 0.0948. The van der Waals surface area contributed by atoms with E-state index < -0.39 is 0 Å². The molecule has 0 radical (unpaired) electrons. The number of pyridine rings is 2. The Morgan fingerprint density at radius 2 is 0.750 bits per heavy atom. The number of rotatable bonds is 14. The summed E-state index contributed by atoms with van der Waals surface area (Å²) in [6.45, 7) is 0.985. The van der Waals surface area contributed by atoms with Crippen LogP contribution in [-0.2, 0) is 23.9 Å². The van der Waals surface area contributed by atoms with Crippen LogP contribution in [0.15, 0.2) is 195 Å². The first-order valence-electron chi connectivity index (χ1n) is 25.5. The third-order valence-corrected chi connectivity index (χ3v) is 14.6. The first kappa shape index (κ1) is 52.8. The Kier molecular flexibility index (Phi) is 16.2. The zero-order valence-electron chi connectivity index (χ0n) is 42.1. The molecule has 12 rings (SSSR count). The number of para-hydroxylation sites is 2. The van der Waals surface area contributed by atoms with Crippen molar-refractivity contribution in [3.05, 3.63) is 217 Å². The zero-order chi connectivity index (χ0) is 50.5. The second-order valence-corrected chi connectivity index (χ2v) is 19.6. The van der Waals surface area contributed by atoms with Gasteiger partial charge in [-0.05, 0) is 48.2 Å². The predicted octanol–water partition coefficient (Wildman–Crippen LogP) is 3.47. The van der Waals surface area contributed by atoms with E-state index in [-0.39, 0.29) is 35.9 Å². The molecule has 0 bridgehead atoms. The molecule has 4 heterocycles. The number of nitrogens with zero attached hydrogens (tertiary/aromatic N) is 6. The van der Waals surface area contributed by atoms with E-state index in [1.54, 1.807) is 24.8 Å². The summed E-state index contributed by atoms with van der Waals surface area (Å²) in [6, 6.07) is 57.1. The standard InChI is InChI=1S/2C31H29N4O2.2ClH/c32-31(17-5-18-31)25-12-10-24(11-13-25)28-29(23-6-2-1-3-7-23)34-30-26(33-28)8-4-9-27(30)37-21-16-22-14-19-35(36)20-15-22;32-31(17-5-18-31)25-12-10-24(11-13-25)29-28(23-6-2-1-3-7-23)33-26-8-4-9-27(30(26)34-29)37-21-16-22-14-19-35(36)20-15-22;;/h2*1-4,6-15,19-20,36H,5,16-18,21,32H2;2*1H/q2*+1;;. The van der Waals surface area contributed by atoms with Crippen molar-refractivity contribution in [2.75, 3.05) is 13.2 Å². The van der Waals surface area contributed by atoms with Crippen LogP contribution >= 0.6 is 0 Å². The van der Waals surface area contributed by atoms with Crippen molar-refractivity contribution in [3.63, 3.8) is 0 Å². The number of hydrogen-bond acceptors (Lipinski definition) is 8. The molecule has 0 atom stereocenters. The molecule has 384 valence electrons. The van der Waals surface area contributed by atoms with Gasteiger partial charge in [0.25, 0.3) is 0 Å². The van der Waals surface area contributed by atoms with Gasteiger partial charge < -0.3 is 45.8 Å². The fraction of sp³-hybridized carbons (Fsp3) is 0.194. The SMILES string of the molecule is [Cl-].[Cl-].[NH3+]C1(c2ccc(-c3nc4c(OCCc5cc[n+](O)cc5)cccc4nc3-c3ccccc3)cc2)CCC1.[NH3+]C1(c2ccc(-c3nc4cccc(OCCc5cc[n+](O)cc5)c4nc3-c3ccccc3)cc2)CCC1. The van der Waals surface area contributed by atoms with Crippen molar-refractivity contribution in [2.45, 2.75) is 62.4 Å². The Labute approximate surface area is 454 Å². The van der Waals surface area contributed by atoms with E-state index >= 15 is 0 Å². The van der Waals surface area contributed by atoms with Gasteiger partial charge in [-0.2, -0.15) is 0 Å². The average Bonchev–Trinajstić information content (AvgIpc) is 3.43. The minimum Gasteiger partial charge on any atom is -1.00 e. The molecular weight excluding hydrogens is 992 g/mol. The maximum absolute atomic E-state index is 9.44. The van der Waals surface area contributed by atoms with Gasteiger partial charge in [-0.25, -0.2) is 19.9 Å². The third kappa shape index (κ3) is 11.5. The topological polar surface area (TPSA) is 174 Å². The van der Waals surface area contributed by atoms with Gasteiger partial charge in [-0.3, -0.25) is 10.4 Å². The lowest BCUT2D eigenvalue weighted by Gasteiger charge is -2.34. The molecule has 2 aliphatic carbocycles. The van der Waals surface area contributed by atoms with E-state index in [4.69, 9.17) is 29.4 Å². The minimum atomic E-state index is 0. The summed E-state index contributed by atoms with van der Waals surface area (Å²) in [5.41, 5.74) is 24.3. The molecule has 10 aromatic rings. The van der Waals surface area contributed by atoms with Crippen LogP contribution < -0.4 is 55.2 Å². The van der Waals surface area contributed by atoms with Crippen LogP contribution in [0.1, 0.15) is 60.8 Å². The van der Waals surface area contributed by atoms with Crippen LogP contribution in [0.4, 0.5) is 0 Å². The molecule has 0 saturated heterocycles. The van der Waals surface area contributed by atoms with E-state index in [2.05, 4.69) is 84.3 Å². The van der Waals surface area contributed by atoms with Crippen LogP contribution in [0, 0.1) is 0 Å². The molecule has 0 aliphatic heterocycles. The number of hydrogen-bond donors (Lipinski definition) is 4. The summed E-state index contributed by atoms with van der Waals surface area (Å²) < 4.78 is 14.4. The van der Waals surface area contributed by atoms with E-state index in [0.29, 0.717) is 37.6 Å². The summed E-state index contributed by atoms with van der Waals surface area (Å²) >= 11 is 0. The molecular formula is C62H60Cl2N8O4+2. The van der Waals surface area contributed by atoms with Gasteiger partial charge in [0.15, 0.2) is 0 Å². The van der Waals surface area contributed by atoms with Crippen LogP contribution in [0.25, 0.3) is 67.1 Å². The molecule has 0 unspecified atom stereocenters. The normalized spacial score (nSPS) is 13.9. The Balaban J connectivity index is 0.000000181. The smallest absolute Gasteiger partial charge is 0.222 e. The highest BCUT2D eigenvalue weighted by molar-refractivity contribution is 5.90. The van der Waals surface area contributed by atoms with Crippen molar-refractivity contribution in [2.24, 2.45) is 0 Å². The van der Waals surface area contributed by atoms with E-state index in [1.807, 2.05) is 97.1 Å². The predicted molar refractivity (Wildman–Crippen MR) is 284 cm³/mol. The number of aromatic nitrogens is 6. The first-order valence-corrected chi connectivity index (χ1v) is 25.5. The molecule has 8 N–H and O–H groups in total. The van der Waals surface area contributed by atoms with E-state index in [0.717, 1.165) is 113 Å². The maximum Gasteiger partial charge on any atom is 0.222 e. The van der Waals surface area contributed by atoms with Gasteiger partial charge in [0.05, 0.1) is 47.0 Å². The van der Waals surface area contributed by atoms with E-state index in [1.165, 1.54) is 24.0 Å². The second-order valence-electron chi connectivity index (χ2n) is 19.6. The molecule has 2 fully saturated rings. The molecule has 76 heavy (non-hydrogen) atoms. The summed E-state index contributed by atoms with van der Waals surface area (Å²) in [5.74, 6) is 1.42. The monoisotopic (exact) mass is 1050 g/mol. The maximum atomic E-state index is 9.44. The Morgan fingerprint density at radius 3 is 1.09 bits per heavy atom. The Hall–Kier alpha value is -8.00. The number of benzene rings is 6. The summed E-state index contributed by atoms with van der Waals surface area (Å²) in [7, 11) is 0. The summed E-state index contributed by atoms with van der Waals surface area (Å²) in [5, 5.41) is 18.9. The van der Waals surface area contributed by atoms with Crippen LogP contribution in [0.2, 0.25) is 0 Å². The summed E-state index contributed by atoms with van der Waals surface area (Å²) in [4.78, 5) is 20.4. The average molecular weight is 1050 g/mol. The molecule has 2 aliphatic rings. The Bertz CT molecular complexity index is 3550. The van der Waals surface area contributed by atoms with Gasteiger partial charge in [-0.15, -0.1) is 0 Å². The van der Waals surface area contributed by atoms with Crippen molar-refractivity contribution >= 4 is 22.1 Å². The number of quaternary nitrogens is 2. The first-order chi connectivity index (χ1) is 36.2. The highest BCUT2D eigenvalue weighted by Gasteiger charge is 2.39. The molecule has 4 aromatic heterocycles. The van der Waals surface area contributed by atoms with Crippen molar-refractivity contribution in [1.82, 2.24) is 19.9 Å².